The molecule has 0 atom stereocenters. The van der Waals surface area contributed by atoms with Gasteiger partial charge in [0.05, 0.1) is 12.2 Å². The third kappa shape index (κ3) is 4.59. The molecule has 2 aromatic rings. The lowest BCUT2D eigenvalue weighted by atomic mass is 10.2. The zero-order valence-corrected chi connectivity index (χ0v) is 14.6. The topological polar surface area (TPSA) is 134 Å². The van der Waals surface area contributed by atoms with Crippen LogP contribution >= 0.6 is 11.8 Å². The van der Waals surface area contributed by atoms with E-state index in [4.69, 9.17) is 4.42 Å². The molecule has 25 heavy (non-hydrogen) atoms. The van der Waals surface area contributed by atoms with E-state index < -0.39 is 11.2 Å². The van der Waals surface area contributed by atoms with Crippen LogP contribution < -0.4 is 16.6 Å². The molecule has 1 aliphatic rings. The van der Waals surface area contributed by atoms with Gasteiger partial charge in [-0.25, -0.2) is 4.79 Å². The molecule has 0 aliphatic heterocycles. The maximum atomic E-state index is 11.9. The first-order chi connectivity index (χ1) is 12.0. The van der Waals surface area contributed by atoms with Crippen molar-refractivity contribution in [3.63, 3.8) is 0 Å². The number of aromatic nitrogens is 4. The van der Waals surface area contributed by atoms with Gasteiger partial charge in [0.25, 0.3) is 10.8 Å². The molecule has 10 heteroatoms. The lowest BCUT2D eigenvalue weighted by molar-refractivity contribution is -0.119. The highest BCUT2D eigenvalue weighted by Crippen LogP contribution is 2.20. The van der Waals surface area contributed by atoms with Crippen molar-refractivity contribution in [3.8, 4) is 0 Å². The molecule has 0 saturated heterocycles. The van der Waals surface area contributed by atoms with Crippen molar-refractivity contribution in [1.82, 2.24) is 25.5 Å². The zero-order valence-electron chi connectivity index (χ0n) is 13.8. The SMILES string of the molecule is Cc1[nH]c(=O)[nH]c(=O)c1Cc1nnc(SCC(=O)NC2CCCC2)o1. The third-order valence-corrected chi connectivity index (χ3v) is 4.90. The molecule has 9 nitrogen and oxygen atoms in total. The number of H-pyrrole nitrogens is 2. The summed E-state index contributed by atoms with van der Waals surface area (Å²) in [6, 6.07) is 0.279. The molecule has 0 bridgehead atoms. The summed E-state index contributed by atoms with van der Waals surface area (Å²) in [5.41, 5.74) is -0.221. The molecule has 2 aromatic heterocycles. The maximum absolute atomic E-state index is 11.9. The van der Waals surface area contributed by atoms with Crippen molar-refractivity contribution in [2.45, 2.75) is 50.3 Å². The molecule has 1 aliphatic carbocycles. The van der Waals surface area contributed by atoms with Crippen LogP contribution in [-0.4, -0.2) is 37.9 Å². The van der Waals surface area contributed by atoms with Crippen LogP contribution in [0.2, 0.25) is 0 Å². The predicted octanol–water partition coefficient (Wildman–Crippen LogP) is 0.496. The largest absolute Gasteiger partial charge is 0.416 e. The number of carbonyl (C=O) groups excluding carboxylic acids is 1. The van der Waals surface area contributed by atoms with E-state index in [-0.39, 0.29) is 35.2 Å². The van der Waals surface area contributed by atoms with Gasteiger partial charge in [0.1, 0.15) is 0 Å². The Morgan fingerprint density at radius 3 is 2.76 bits per heavy atom. The number of amides is 1. The highest BCUT2D eigenvalue weighted by molar-refractivity contribution is 7.99. The Labute approximate surface area is 147 Å². The number of thioether (sulfide) groups is 1. The van der Waals surface area contributed by atoms with Crippen LogP contribution in [0, 0.1) is 6.92 Å². The number of aryl methyl sites for hydroxylation is 1. The first-order valence-electron chi connectivity index (χ1n) is 8.08. The minimum absolute atomic E-state index is 0.0513. The van der Waals surface area contributed by atoms with Gasteiger partial charge in [-0.2, -0.15) is 0 Å². The average Bonchev–Trinajstić information content (AvgIpc) is 3.20. The quantitative estimate of drug-likeness (QED) is 0.635. The Hall–Kier alpha value is -2.36. The van der Waals surface area contributed by atoms with Gasteiger partial charge in [0, 0.05) is 17.3 Å². The Morgan fingerprint density at radius 2 is 2.04 bits per heavy atom. The standard InChI is InChI=1S/C15H19N5O4S/c1-8-10(13(22)18-14(23)16-8)6-12-19-20-15(24-12)25-7-11(21)17-9-4-2-3-5-9/h9H,2-7H2,1H3,(H,17,21)(H2,16,18,22,23). The van der Waals surface area contributed by atoms with Crippen LogP contribution in [0.3, 0.4) is 0 Å². The number of nitrogens with one attached hydrogen (secondary N) is 3. The molecule has 0 aromatic carbocycles. The number of aromatic amines is 2. The van der Waals surface area contributed by atoms with Crippen molar-refractivity contribution < 1.29 is 9.21 Å². The zero-order chi connectivity index (χ0) is 17.8. The second-order valence-electron chi connectivity index (χ2n) is 5.99. The molecule has 1 fully saturated rings. The lowest BCUT2D eigenvalue weighted by Gasteiger charge is -2.10. The fourth-order valence-electron chi connectivity index (χ4n) is 2.82. The van der Waals surface area contributed by atoms with Crippen LogP contribution in [0.15, 0.2) is 19.2 Å². The predicted molar refractivity (Wildman–Crippen MR) is 90.6 cm³/mol. The summed E-state index contributed by atoms with van der Waals surface area (Å²) in [7, 11) is 0. The molecule has 0 radical (unpaired) electrons. The molecule has 1 saturated carbocycles. The van der Waals surface area contributed by atoms with Crippen LogP contribution in [-0.2, 0) is 11.2 Å². The normalized spacial score (nSPS) is 14.8. The minimum atomic E-state index is -0.554. The van der Waals surface area contributed by atoms with Gasteiger partial charge in [-0.1, -0.05) is 24.6 Å². The van der Waals surface area contributed by atoms with E-state index in [0.29, 0.717) is 11.3 Å². The molecule has 3 N–H and O–H groups in total. The van der Waals surface area contributed by atoms with Gasteiger partial charge in [-0.15, -0.1) is 10.2 Å². The fraction of sp³-hybridized carbons (Fsp3) is 0.533. The van der Waals surface area contributed by atoms with Crippen LogP contribution in [0.1, 0.15) is 42.8 Å². The van der Waals surface area contributed by atoms with Crippen LogP contribution in [0.25, 0.3) is 0 Å². The Morgan fingerprint density at radius 1 is 1.28 bits per heavy atom. The van der Waals surface area contributed by atoms with E-state index in [0.717, 1.165) is 37.4 Å². The summed E-state index contributed by atoms with van der Waals surface area (Å²) in [5.74, 6) is 0.403. The third-order valence-electron chi connectivity index (χ3n) is 4.08. The number of nitrogens with zero attached hydrogens (tertiary/aromatic N) is 2. The van der Waals surface area contributed by atoms with E-state index in [1.54, 1.807) is 6.92 Å². The van der Waals surface area contributed by atoms with Gasteiger partial charge in [-0.05, 0) is 19.8 Å². The average molecular weight is 365 g/mol. The molecule has 3 rings (SSSR count). The minimum Gasteiger partial charge on any atom is -0.416 e. The Bertz CT molecular complexity index is 865. The van der Waals surface area contributed by atoms with Gasteiger partial charge >= 0.3 is 5.69 Å². The first-order valence-corrected chi connectivity index (χ1v) is 9.06. The number of carbonyl (C=O) groups is 1. The second kappa shape index (κ2) is 7.68. The van der Waals surface area contributed by atoms with Crippen LogP contribution in [0.4, 0.5) is 0 Å². The van der Waals surface area contributed by atoms with E-state index in [2.05, 4.69) is 25.5 Å². The van der Waals surface area contributed by atoms with Gasteiger partial charge in [0.15, 0.2) is 0 Å². The number of hydrogen-bond donors (Lipinski definition) is 3. The molecular formula is C15H19N5O4S. The summed E-state index contributed by atoms with van der Waals surface area (Å²) in [6.07, 6.45) is 4.50. The van der Waals surface area contributed by atoms with Crippen molar-refractivity contribution in [2.24, 2.45) is 0 Å². The van der Waals surface area contributed by atoms with E-state index in [1.807, 2.05) is 0 Å². The van der Waals surface area contributed by atoms with Crippen molar-refractivity contribution >= 4 is 17.7 Å². The fourth-order valence-corrected chi connectivity index (χ4v) is 3.42. The maximum Gasteiger partial charge on any atom is 0.325 e. The van der Waals surface area contributed by atoms with Crippen molar-refractivity contribution in [2.75, 3.05) is 5.75 Å². The summed E-state index contributed by atoms with van der Waals surface area (Å²) in [6.45, 7) is 1.63. The summed E-state index contributed by atoms with van der Waals surface area (Å²) in [4.78, 5) is 39.6. The first kappa shape index (κ1) is 17.5. The monoisotopic (exact) mass is 365 g/mol. The van der Waals surface area contributed by atoms with E-state index in [1.165, 1.54) is 0 Å². The lowest BCUT2D eigenvalue weighted by Crippen LogP contribution is -2.33. The summed E-state index contributed by atoms with van der Waals surface area (Å²) < 4.78 is 5.46. The highest BCUT2D eigenvalue weighted by atomic mass is 32.2. The van der Waals surface area contributed by atoms with Crippen LogP contribution in [0.5, 0.6) is 0 Å². The molecule has 2 heterocycles. The van der Waals surface area contributed by atoms with E-state index >= 15 is 0 Å². The number of rotatable bonds is 6. The second-order valence-corrected chi connectivity index (χ2v) is 6.91. The molecular weight excluding hydrogens is 346 g/mol. The smallest absolute Gasteiger partial charge is 0.325 e. The molecule has 0 spiro atoms. The summed E-state index contributed by atoms with van der Waals surface area (Å²) >= 11 is 1.16. The molecule has 134 valence electrons. The van der Waals surface area contributed by atoms with Crippen molar-refractivity contribution in [1.29, 1.82) is 0 Å². The Kier molecular flexibility index (Phi) is 5.37. The Balaban J connectivity index is 1.56. The van der Waals surface area contributed by atoms with Crippen molar-refractivity contribution in [3.05, 3.63) is 38.0 Å². The number of hydrogen-bond acceptors (Lipinski definition) is 7. The highest BCUT2D eigenvalue weighted by Gasteiger charge is 2.18. The summed E-state index contributed by atoms with van der Waals surface area (Å²) in [5, 5.41) is 11.0. The van der Waals surface area contributed by atoms with Gasteiger partial charge in [0.2, 0.25) is 11.8 Å². The van der Waals surface area contributed by atoms with Gasteiger partial charge < -0.3 is 14.7 Å². The van der Waals surface area contributed by atoms with Gasteiger partial charge in [-0.3, -0.25) is 14.6 Å². The molecule has 1 amide bonds. The van der Waals surface area contributed by atoms with E-state index in [9.17, 15) is 14.4 Å². The molecule has 0 unspecified atom stereocenters.